The van der Waals surface area contributed by atoms with Crippen molar-refractivity contribution in [3.05, 3.63) is 0 Å². The van der Waals surface area contributed by atoms with Gasteiger partial charge in [-0.25, -0.2) is 4.79 Å². The van der Waals surface area contributed by atoms with Gasteiger partial charge in [0.25, 0.3) is 0 Å². The average Bonchev–Trinajstić information content (AvgIpc) is 3.62. The SMILES string of the molecule is CCC(=O)O[C@H]1CC(C2(C)CO2)CC[C@]1(C)OC.CCC(=O)O[C@H]1CC(C2(C)COC(=O)O2)CC[C@]1(C)OC.O=C=O. The summed E-state index contributed by atoms with van der Waals surface area (Å²) >= 11 is 0. The van der Waals surface area contributed by atoms with E-state index in [9.17, 15) is 14.4 Å². The van der Waals surface area contributed by atoms with Gasteiger partial charge >= 0.3 is 24.2 Å². The summed E-state index contributed by atoms with van der Waals surface area (Å²) in [6.07, 6.45) is 4.86. The van der Waals surface area contributed by atoms with Gasteiger partial charge in [0.1, 0.15) is 35.6 Å². The lowest BCUT2D eigenvalue weighted by molar-refractivity contribution is -0.191. The summed E-state index contributed by atoms with van der Waals surface area (Å²) < 4.78 is 38.1. The van der Waals surface area contributed by atoms with Crippen LogP contribution < -0.4 is 0 Å². The molecule has 0 aromatic carbocycles. The Hall–Kier alpha value is -2.53. The number of methoxy groups -OCH3 is 2. The number of carbonyl (C=O) groups excluding carboxylic acids is 5. The van der Waals surface area contributed by atoms with E-state index in [4.69, 9.17) is 42.7 Å². The number of rotatable bonds is 8. The molecule has 240 valence electrons. The van der Waals surface area contributed by atoms with Gasteiger partial charge in [0.05, 0.1) is 12.2 Å². The molecule has 2 aliphatic heterocycles. The summed E-state index contributed by atoms with van der Waals surface area (Å²) in [5, 5.41) is 0. The van der Waals surface area contributed by atoms with E-state index in [0.29, 0.717) is 25.2 Å². The molecule has 2 aliphatic carbocycles. The van der Waals surface area contributed by atoms with Crippen molar-refractivity contribution < 1.29 is 57.1 Å². The van der Waals surface area contributed by atoms with Gasteiger partial charge in [-0.3, -0.25) is 9.59 Å². The van der Waals surface area contributed by atoms with Gasteiger partial charge in [-0.1, -0.05) is 13.8 Å². The molecule has 4 rings (SSSR count). The van der Waals surface area contributed by atoms with E-state index in [1.807, 2.05) is 27.7 Å². The van der Waals surface area contributed by atoms with Crippen LogP contribution in [0.5, 0.6) is 0 Å². The van der Waals surface area contributed by atoms with Crippen molar-refractivity contribution in [1.82, 2.24) is 0 Å². The Morgan fingerprint density at radius 1 is 0.810 bits per heavy atom. The molecule has 0 radical (unpaired) electrons. The second-order valence-corrected chi connectivity index (χ2v) is 12.3. The lowest BCUT2D eigenvalue weighted by atomic mass is 9.71. The molecule has 8 atom stereocenters. The first kappa shape index (κ1) is 35.7. The van der Waals surface area contributed by atoms with Gasteiger partial charge in [0.15, 0.2) is 0 Å². The number of ether oxygens (including phenoxy) is 7. The van der Waals surface area contributed by atoms with Crippen molar-refractivity contribution in [3.8, 4) is 0 Å². The molecule has 0 N–H and O–H groups in total. The summed E-state index contributed by atoms with van der Waals surface area (Å²) in [6.45, 7) is 12.7. The Kier molecular flexibility index (Phi) is 12.5. The van der Waals surface area contributed by atoms with Crippen LogP contribution in [-0.2, 0) is 52.3 Å². The molecule has 2 heterocycles. The molecule has 12 heteroatoms. The highest BCUT2D eigenvalue weighted by atomic mass is 16.8. The largest absolute Gasteiger partial charge is 0.509 e. The third kappa shape index (κ3) is 8.75. The summed E-state index contributed by atoms with van der Waals surface area (Å²) in [4.78, 5) is 50.7. The van der Waals surface area contributed by atoms with Crippen LogP contribution in [-0.4, -0.2) is 86.3 Å². The number of hydrogen-bond acceptors (Lipinski definition) is 12. The van der Waals surface area contributed by atoms with Gasteiger partial charge in [0, 0.05) is 33.0 Å². The Labute approximate surface area is 248 Å². The third-order valence-corrected chi connectivity index (χ3v) is 9.52. The number of hydrogen-bond donors (Lipinski definition) is 0. The smallest absolute Gasteiger partial charge is 0.459 e. The molecule has 2 saturated carbocycles. The van der Waals surface area contributed by atoms with Crippen molar-refractivity contribution in [2.75, 3.05) is 27.4 Å². The molecule has 42 heavy (non-hydrogen) atoms. The van der Waals surface area contributed by atoms with Gasteiger partial charge in [-0.05, 0) is 72.1 Å². The van der Waals surface area contributed by atoms with E-state index >= 15 is 0 Å². The van der Waals surface area contributed by atoms with Crippen molar-refractivity contribution in [1.29, 1.82) is 0 Å². The zero-order valence-electron chi connectivity index (χ0n) is 26.3. The molecule has 4 fully saturated rings. The van der Waals surface area contributed by atoms with Crippen molar-refractivity contribution in [2.45, 2.75) is 128 Å². The predicted molar refractivity (Wildman–Crippen MR) is 146 cm³/mol. The Morgan fingerprint density at radius 2 is 1.21 bits per heavy atom. The minimum Gasteiger partial charge on any atom is -0.459 e. The average molecular weight is 601 g/mol. The second-order valence-electron chi connectivity index (χ2n) is 12.3. The van der Waals surface area contributed by atoms with Crippen LogP contribution in [0.25, 0.3) is 0 Å². The summed E-state index contributed by atoms with van der Waals surface area (Å²) in [5.74, 6) is 0.164. The minimum absolute atomic E-state index is 0.00590. The van der Waals surface area contributed by atoms with Crippen LogP contribution in [0, 0.1) is 11.8 Å². The van der Waals surface area contributed by atoms with Gasteiger partial charge in [0.2, 0.25) is 0 Å². The number of esters is 2. The summed E-state index contributed by atoms with van der Waals surface area (Å²) in [6, 6.07) is 0. The van der Waals surface area contributed by atoms with E-state index in [2.05, 4.69) is 6.92 Å². The Morgan fingerprint density at radius 3 is 1.52 bits per heavy atom. The van der Waals surface area contributed by atoms with Crippen molar-refractivity contribution in [3.63, 3.8) is 0 Å². The number of cyclic esters (lactones) is 2. The van der Waals surface area contributed by atoms with Crippen molar-refractivity contribution >= 4 is 24.2 Å². The van der Waals surface area contributed by atoms with E-state index in [1.54, 1.807) is 21.1 Å². The van der Waals surface area contributed by atoms with Crippen LogP contribution in [0.4, 0.5) is 4.79 Å². The summed E-state index contributed by atoms with van der Waals surface area (Å²) in [5.41, 5.74) is -1.50. The highest BCUT2D eigenvalue weighted by Crippen LogP contribution is 2.47. The predicted octanol–water partition coefficient (Wildman–Crippen LogP) is 4.16. The minimum atomic E-state index is -0.650. The highest BCUT2D eigenvalue weighted by Gasteiger charge is 2.54. The molecule has 4 unspecified atom stereocenters. The van der Waals surface area contributed by atoms with E-state index in [1.165, 1.54) is 0 Å². The van der Waals surface area contributed by atoms with Crippen LogP contribution in [0.1, 0.15) is 92.9 Å². The first-order valence-corrected chi connectivity index (χ1v) is 14.7. The molecule has 2 saturated heterocycles. The molecular formula is C30H48O12. The van der Waals surface area contributed by atoms with Gasteiger partial charge in [-0.15, -0.1) is 0 Å². The van der Waals surface area contributed by atoms with Crippen LogP contribution in [0.15, 0.2) is 0 Å². The molecule has 0 aromatic heterocycles. The maximum Gasteiger partial charge on any atom is 0.509 e. The zero-order valence-corrected chi connectivity index (χ0v) is 26.3. The maximum atomic E-state index is 11.7. The van der Waals surface area contributed by atoms with E-state index in [0.717, 1.165) is 38.7 Å². The molecule has 0 bridgehead atoms. The monoisotopic (exact) mass is 600 g/mol. The maximum absolute atomic E-state index is 11.7. The molecular weight excluding hydrogens is 552 g/mol. The number of epoxide rings is 1. The van der Waals surface area contributed by atoms with E-state index < -0.39 is 17.4 Å². The van der Waals surface area contributed by atoms with Crippen molar-refractivity contribution in [2.24, 2.45) is 11.8 Å². The molecule has 0 spiro atoms. The first-order valence-electron chi connectivity index (χ1n) is 14.7. The number of carbonyl (C=O) groups is 3. The van der Waals surface area contributed by atoms with Gasteiger partial charge < -0.3 is 33.2 Å². The lowest BCUT2D eigenvalue weighted by Crippen LogP contribution is -2.53. The third-order valence-electron chi connectivity index (χ3n) is 9.52. The zero-order chi connectivity index (χ0) is 31.8. The second kappa shape index (κ2) is 14.8. The van der Waals surface area contributed by atoms with Crippen LogP contribution >= 0.6 is 0 Å². The quantitative estimate of drug-likeness (QED) is 0.223. The van der Waals surface area contributed by atoms with Crippen LogP contribution in [0.2, 0.25) is 0 Å². The topological polar surface area (TPSA) is 153 Å². The molecule has 0 aromatic rings. The Balaban J connectivity index is 0.000000271. The summed E-state index contributed by atoms with van der Waals surface area (Å²) in [7, 11) is 3.33. The fourth-order valence-corrected chi connectivity index (χ4v) is 5.90. The first-order chi connectivity index (χ1) is 19.7. The standard InChI is InChI=1S/C15H24O6.C14H24O4.CO2/c1-5-12(16)20-11-8-10(6-7-14(11,2)18-4)15(3)9-19-13(17)21-15;1-5-12(15)18-11-8-10(14(3)9-17-14)6-7-13(11,2)16-4;2-1-3/h10-11H,5-9H2,1-4H3;10-11H,5-9H2,1-4H3;/t10?,11-,14-,15?;10?,11-,13-,14?;/m00./s1. The van der Waals surface area contributed by atoms with Gasteiger partial charge in [-0.2, -0.15) is 9.59 Å². The highest BCUT2D eigenvalue weighted by molar-refractivity contribution is 5.69. The fraction of sp³-hybridized carbons (Fsp3) is 0.867. The van der Waals surface area contributed by atoms with Crippen LogP contribution in [0.3, 0.4) is 0 Å². The normalized spacial score (nSPS) is 38.6. The molecule has 12 nitrogen and oxygen atoms in total. The Bertz CT molecular complexity index is 973. The lowest BCUT2D eigenvalue weighted by Gasteiger charge is -2.45. The molecule has 4 aliphatic rings. The van der Waals surface area contributed by atoms with E-state index in [-0.39, 0.29) is 54.0 Å². The molecule has 0 amide bonds. The fourth-order valence-electron chi connectivity index (χ4n) is 5.90.